The van der Waals surface area contributed by atoms with Crippen LogP contribution in [0.25, 0.3) is 0 Å². The van der Waals surface area contributed by atoms with Gasteiger partial charge in [0, 0.05) is 15.9 Å². The van der Waals surface area contributed by atoms with E-state index in [2.05, 4.69) is 71.7 Å². The van der Waals surface area contributed by atoms with Gasteiger partial charge in [0.05, 0.1) is 18.8 Å². The van der Waals surface area contributed by atoms with Crippen LogP contribution < -0.4 is 0 Å². The second-order valence-corrected chi connectivity index (χ2v) is 12.3. The maximum absolute atomic E-state index is 6.25. The summed E-state index contributed by atoms with van der Waals surface area (Å²) in [5.41, 5.74) is 2.61. The lowest BCUT2D eigenvalue weighted by Crippen LogP contribution is -2.26. The molecule has 0 spiro atoms. The van der Waals surface area contributed by atoms with Crippen molar-refractivity contribution in [3.05, 3.63) is 17.5 Å². The fourth-order valence-electron chi connectivity index (χ4n) is 1.98. The van der Waals surface area contributed by atoms with Gasteiger partial charge in [-0.3, -0.25) is 4.68 Å². The summed E-state index contributed by atoms with van der Waals surface area (Å²) in [5.74, 6) is 0. The standard InChI is InChI=1S/C18H36N2OS/c1-10-11-15-14-16(17(2,3)4)19-20(15)12-13-21-22(8,9)18(5,6)7/h14H,10-13H2,1-9H3. The van der Waals surface area contributed by atoms with Gasteiger partial charge in [0.15, 0.2) is 0 Å². The van der Waals surface area contributed by atoms with Crippen molar-refractivity contribution in [3.63, 3.8) is 0 Å². The van der Waals surface area contributed by atoms with Crippen molar-refractivity contribution >= 4 is 10.3 Å². The third-order valence-corrected chi connectivity index (χ3v) is 8.00. The average Bonchev–Trinajstić information content (AvgIpc) is 2.71. The van der Waals surface area contributed by atoms with Gasteiger partial charge in [-0.05, 0) is 25.0 Å². The van der Waals surface area contributed by atoms with E-state index in [9.17, 15) is 0 Å². The number of rotatable bonds is 6. The molecule has 0 fully saturated rings. The first kappa shape index (κ1) is 19.6. The quantitative estimate of drug-likeness (QED) is 0.740. The van der Waals surface area contributed by atoms with Gasteiger partial charge in [-0.2, -0.15) is 5.10 Å². The van der Waals surface area contributed by atoms with Crippen LogP contribution in [-0.4, -0.2) is 33.6 Å². The highest BCUT2D eigenvalue weighted by Crippen LogP contribution is 2.53. The van der Waals surface area contributed by atoms with Crippen molar-refractivity contribution in [1.29, 1.82) is 0 Å². The van der Waals surface area contributed by atoms with Crippen LogP contribution in [0.3, 0.4) is 0 Å². The maximum Gasteiger partial charge on any atom is 0.0788 e. The average molecular weight is 329 g/mol. The van der Waals surface area contributed by atoms with E-state index in [4.69, 9.17) is 9.28 Å². The van der Waals surface area contributed by atoms with E-state index in [1.54, 1.807) is 0 Å². The van der Waals surface area contributed by atoms with E-state index >= 15 is 0 Å². The first-order valence-corrected chi connectivity index (χ1v) is 10.7. The van der Waals surface area contributed by atoms with Crippen LogP contribution in [0.4, 0.5) is 0 Å². The largest absolute Gasteiger partial charge is 0.335 e. The Morgan fingerprint density at radius 2 is 1.73 bits per heavy atom. The third kappa shape index (κ3) is 5.02. The Kier molecular flexibility index (Phi) is 6.19. The number of hydrogen-bond donors (Lipinski definition) is 0. The SMILES string of the molecule is CCCc1cc(C(C)(C)C)nn1CCOS(C)(C)C(C)(C)C. The molecule has 0 saturated heterocycles. The Bertz CT molecular complexity index is 478. The molecule has 0 amide bonds. The monoisotopic (exact) mass is 328 g/mol. The molecule has 1 rings (SSSR count). The Labute approximate surface area is 139 Å². The normalized spacial score (nSPS) is 14.4. The lowest BCUT2D eigenvalue weighted by molar-refractivity contribution is 0.314. The zero-order valence-corrected chi connectivity index (χ0v) is 16.9. The van der Waals surface area contributed by atoms with Gasteiger partial charge in [-0.1, -0.05) is 54.9 Å². The zero-order chi connectivity index (χ0) is 17.2. The molecule has 4 heteroatoms. The van der Waals surface area contributed by atoms with Crippen molar-refractivity contribution in [2.24, 2.45) is 0 Å². The van der Waals surface area contributed by atoms with Crippen LogP contribution in [0.5, 0.6) is 0 Å². The highest BCUT2D eigenvalue weighted by Gasteiger charge is 2.28. The predicted molar refractivity (Wildman–Crippen MR) is 100 cm³/mol. The molecule has 1 aromatic rings. The molecule has 3 nitrogen and oxygen atoms in total. The first-order chi connectivity index (χ1) is 9.88. The fraction of sp³-hybridized carbons (Fsp3) is 0.833. The summed E-state index contributed by atoms with van der Waals surface area (Å²) in [6.45, 7) is 17.2. The van der Waals surface area contributed by atoms with E-state index in [0.29, 0.717) is 0 Å². The van der Waals surface area contributed by atoms with E-state index in [1.807, 2.05) is 0 Å². The number of hydrogen-bond acceptors (Lipinski definition) is 2. The molecule has 0 aliphatic heterocycles. The van der Waals surface area contributed by atoms with Crippen LogP contribution in [0, 0.1) is 0 Å². The molecule has 22 heavy (non-hydrogen) atoms. The number of aryl methyl sites for hydroxylation is 1. The summed E-state index contributed by atoms with van der Waals surface area (Å²) in [5, 5.41) is 4.83. The molecule has 1 aromatic heterocycles. The van der Waals surface area contributed by atoms with E-state index in [0.717, 1.165) is 26.0 Å². The van der Waals surface area contributed by atoms with Crippen LogP contribution >= 0.6 is 10.3 Å². The Morgan fingerprint density at radius 3 is 2.18 bits per heavy atom. The second kappa shape index (κ2) is 6.96. The minimum absolute atomic E-state index is 0.102. The van der Waals surface area contributed by atoms with Gasteiger partial charge in [-0.15, -0.1) is 10.3 Å². The third-order valence-electron chi connectivity index (χ3n) is 4.29. The minimum atomic E-state index is -1.06. The molecule has 130 valence electrons. The van der Waals surface area contributed by atoms with E-state index < -0.39 is 10.3 Å². The topological polar surface area (TPSA) is 27.1 Å². The Balaban J connectivity index is 2.79. The summed E-state index contributed by atoms with van der Waals surface area (Å²) in [4.78, 5) is 0. The molecule has 0 atom stereocenters. The van der Waals surface area contributed by atoms with Crippen LogP contribution in [0.15, 0.2) is 6.07 Å². The fourth-order valence-corrected chi connectivity index (χ4v) is 2.83. The Hall–Kier alpha value is -0.480. The smallest absolute Gasteiger partial charge is 0.0788 e. The van der Waals surface area contributed by atoms with Crippen LogP contribution in [-0.2, 0) is 22.6 Å². The highest BCUT2D eigenvalue weighted by atomic mass is 32.3. The Morgan fingerprint density at radius 1 is 1.14 bits per heavy atom. The van der Waals surface area contributed by atoms with Crippen molar-refractivity contribution in [3.8, 4) is 0 Å². The van der Waals surface area contributed by atoms with Crippen molar-refractivity contribution in [2.45, 2.75) is 78.0 Å². The molecule has 0 aromatic carbocycles. The zero-order valence-electron chi connectivity index (χ0n) is 16.1. The van der Waals surface area contributed by atoms with Gasteiger partial charge in [0.25, 0.3) is 0 Å². The van der Waals surface area contributed by atoms with Gasteiger partial charge in [-0.25, -0.2) is 0 Å². The first-order valence-electron chi connectivity index (χ1n) is 8.33. The molecule has 0 radical (unpaired) electrons. The molecule has 0 aliphatic rings. The van der Waals surface area contributed by atoms with Crippen LogP contribution in [0.2, 0.25) is 0 Å². The molecule has 1 heterocycles. The van der Waals surface area contributed by atoms with E-state index in [-0.39, 0.29) is 10.2 Å². The molecular weight excluding hydrogens is 292 g/mol. The van der Waals surface area contributed by atoms with Gasteiger partial charge in [0.2, 0.25) is 0 Å². The summed E-state index contributed by atoms with van der Waals surface area (Å²) in [6.07, 6.45) is 6.74. The lowest BCUT2D eigenvalue weighted by Gasteiger charge is -2.43. The lowest BCUT2D eigenvalue weighted by atomic mass is 9.92. The summed E-state index contributed by atoms with van der Waals surface area (Å²) < 4.78 is 8.61. The van der Waals surface area contributed by atoms with Gasteiger partial charge in [0.1, 0.15) is 0 Å². The van der Waals surface area contributed by atoms with E-state index in [1.165, 1.54) is 11.4 Å². The molecule has 0 saturated carbocycles. The summed E-state index contributed by atoms with van der Waals surface area (Å²) in [7, 11) is -1.06. The van der Waals surface area contributed by atoms with Gasteiger partial charge < -0.3 is 4.18 Å². The van der Waals surface area contributed by atoms with Crippen molar-refractivity contribution < 1.29 is 4.18 Å². The molecule has 0 bridgehead atoms. The van der Waals surface area contributed by atoms with Crippen molar-refractivity contribution in [2.75, 3.05) is 19.1 Å². The molecule has 0 N–H and O–H groups in total. The number of aromatic nitrogens is 2. The molecule has 0 unspecified atom stereocenters. The highest BCUT2D eigenvalue weighted by molar-refractivity contribution is 8.29. The van der Waals surface area contributed by atoms with Crippen molar-refractivity contribution in [1.82, 2.24) is 9.78 Å². The molecular formula is C18H36N2OS. The number of nitrogens with zero attached hydrogens (tertiary/aromatic N) is 2. The minimum Gasteiger partial charge on any atom is -0.335 e. The maximum atomic E-state index is 6.25. The van der Waals surface area contributed by atoms with Gasteiger partial charge >= 0.3 is 0 Å². The molecule has 0 aliphatic carbocycles. The predicted octanol–water partition coefficient (Wildman–Crippen LogP) is 4.93. The van der Waals surface area contributed by atoms with Crippen LogP contribution in [0.1, 0.15) is 66.3 Å². The summed E-state index contributed by atoms with van der Waals surface area (Å²) in [6, 6.07) is 2.27. The summed E-state index contributed by atoms with van der Waals surface area (Å²) >= 11 is 0. The second-order valence-electron chi connectivity index (χ2n) is 8.41.